The molecule has 2 amide bonds. The summed E-state index contributed by atoms with van der Waals surface area (Å²) in [6.45, 7) is 4.91. The summed E-state index contributed by atoms with van der Waals surface area (Å²) >= 11 is 0. The first-order valence-corrected chi connectivity index (χ1v) is 10.7. The van der Waals surface area contributed by atoms with E-state index in [4.69, 9.17) is 0 Å². The molecule has 0 aromatic heterocycles. The van der Waals surface area contributed by atoms with Gasteiger partial charge in [-0.25, -0.2) is 8.42 Å². The molecule has 6 nitrogen and oxygen atoms in total. The van der Waals surface area contributed by atoms with Gasteiger partial charge in [0.2, 0.25) is 11.8 Å². The maximum absolute atomic E-state index is 12.1. The van der Waals surface area contributed by atoms with Crippen LogP contribution in [0.5, 0.6) is 0 Å². The Balaban J connectivity index is 1.85. The van der Waals surface area contributed by atoms with E-state index in [9.17, 15) is 18.0 Å². The zero-order chi connectivity index (χ0) is 21.4. The Bertz CT molecular complexity index is 1030. The Labute approximate surface area is 171 Å². The lowest BCUT2D eigenvalue weighted by atomic mass is 10.1. The molecule has 2 aromatic carbocycles. The van der Waals surface area contributed by atoms with Crippen LogP contribution in [0.1, 0.15) is 31.9 Å². The van der Waals surface area contributed by atoms with E-state index in [1.165, 1.54) is 19.1 Å². The van der Waals surface area contributed by atoms with Crippen molar-refractivity contribution in [2.75, 3.05) is 11.9 Å². The zero-order valence-corrected chi connectivity index (χ0v) is 17.5. The number of hydrogen-bond donors (Lipinski definition) is 2. The minimum atomic E-state index is -3.31. The molecule has 0 fully saturated rings. The van der Waals surface area contributed by atoms with Crippen LogP contribution >= 0.6 is 0 Å². The summed E-state index contributed by atoms with van der Waals surface area (Å²) in [5, 5.41) is 4.90. The van der Waals surface area contributed by atoms with Crippen LogP contribution < -0.4 is 10.6 Å². The summed E-state index contributed by atoms with van der Waals surface area (Å²) in [5.41, 5.74) is 2.20. The lowest BCUT2D eigenvalue weighted by Crippen LogP contribution is -2.25. The van der Waals surface area contributed by atoms with Gasteiger partial charge >= 0.3 is 0 Å². The van der Waals surface area contributed by atoms with Gasteiger partial charge in [-0.2, -0.15) is 0 Å². The first-order chi connectivity index (χ1) is 13.7. The Kier molecular flexibility index (Phi) is 7.57. The average Bonchev–Trinajstić information content (AvgIpc) is 2.66. The maximum Gasteiger partial charge on any atom is 0.225 e. The van der Waals surface area contributed by atoms with E-state index >= 15 is 0 Å². The molecular weight excluding hydrogens is 388 g/mol. The van der Waals surface area contributed by atoms with Crippen molar-refractivity contribution in [3.8, 4) is 11.8 Å². The van der Waals surface area contributed by atoms with Crippen LogP contribution in [0.2, 0.25) is 0 Å². The molecule has 0 aliphatic heterocycles. The highest BCUT2D eigenvalue weighted by Gasteiger charge is 2.18. The van der Waals surface area contributed by atoms with Crippen LogP contribution in [0.15, 0.2) is 53.4 Å². The topological polar surface area (TPSA) is 92.3 Å². The Morgan fingerprint density at radius 3 is 2.17 bits per heavy atom. The molecule has 0 spiro atoms. The standard InChI is InChI=1S/C22H24N2O4S/c1-16(2)29(27,28)21-12-8-19(9-13-21)15-22(26)23-14-4-5-18-6-10-20(11-7-18)24-17(3)25/h6-13,16H,14-15H2,1-3H3,(H,23,26)(H,24,25). The molecule has 0 unspecified atom stereocenters. The van der Waals surface area contributed by atoms with Gasteiger partial charge in [-0.05, 0) is 55.8 Å². The molecule has 0 radical (unpaired) electrons. The van der Waals surface area contributed by atoms with Crippen LogP contribution in [-0.4, -0.2) is 32.0 Å². The number of rotatable bonds is 6. The van der Waals surface area contributed by atoms with Crippen molar-refractivity contribution in [3.63, 3.8) is 0 Å². The second-order valence-electron chi connectivity index (χ2n) is 6.75. The maximum atomic E-state index is 12.1. The quantitative estimate of drug-likeness (QED) is 0.713. The molecule has 0 saturated carbocycles. The number of amides is 2. The van der Waals surface area contributed by atoms with E-state index < -0.39 is 15.1 Å². The first kappa shape index (κ1) is 22.2. The minimum Gasteiger partial charge on any atom is -0.345 e. The third-order valence-electron chi connectivity index (χ3n) is 4.05. The van der Waals surface area contributed by atoms with Gasteiger partial charge in [-0.1, -0.05) is 24.0 Å². The lowest BCUT2D eigenvalue weighted by Gasteiger charge is -2.08. The number of sulfone groups is 1. The molecule has 2 rings (SSSR count). The summed E-state index contributed by atoms with van der Waals surface area (Å²) in [6, 6.07) is 13.4. The van der Waals surface area contributed by atoms with E-state index in [0.29, 0.717) is 5.69 Å². The van der Waals surface area contributed by atoms with Crippen molar-refractivity contribution >= 4 is 27.3 Å². The molecule has 152 valence electrons. The Hall–Kier alpha value is -3.11. The number of anilines is 1. The van der Waals surface area contributed by atoms with Crippen LogP contribution in [0.3, 0.4) is 0 Å². The van der Waals surface area contributed by atoms with Crippen molar-refractivity contribution < 1.29 is 18.0 Å². The number of carbonyl (C=O) groups excluding carboxylic acids is 2. The van der Waals surface area contributed by atoms with E-state index in [1.807, 2.05) is 0 Å². The summed E-state index contributed by atoms with van der Waals surface area (Å²) in [6.07, 6.45) is 0.148. The summed E-state index contributed by atoms with van der Waals surface area (Å²) in [5.74, 6) is 5.48. The summed E-state index contributed by atoms with van der Waals surface area (Å²) in [7, 11) is -3.31. The molecule has 0 saturated heterocycles. The molecule has 0 aliphatic rings. The predicted molar refractivity (Wildman–Crippen MR) is 113 cm³/mol. The van der Waals surface area contributed by atoms with Crippen LogP contribution in [0, 0.1) is 11.8 Å². The highest BCUT2D eigenvalue weighted by atomic mass is 32.2. The predicted octanol–water partition coefficient (Wildman–Crippen LogP) is 2.54. The van der Waals surface area contributed by atoms with Gasteiger partial charge in [-0.15, -0.1) is 0 Å². The third kappa shape index (κ3) is 6.77. The number of carbonyl (C=O) groups is 2. The molecular formula is C22H24N2O4S. The van der Waals surface area contributed by atoms with E-state index in [1.54, 1.807) is 50.2 Å². The second-order valence-corrected chi connectivity index (χ2v) is 9.26. The molecule has 0 bridgehead atoms. The summed E-state index contributed by atoms with van der Waals surface area (Å²) in [4.78, 5) is 23.3. The normalized spacial score (nSPS) is 10.8. The molecule has 0 aliphatic carbocycles. The SMILES string of the molecule is CC(=O)Nc1ccc(C#CCNC(=O)Cc2ccc(S(=O)(=O)C(C)C)cc2)cc1. The van der Waals surface area contributed by atoms with Crippen LogP contribution in [0.25, 0.3) is 0 Å². The van der Waals surface area contributed by atoms with Gasteiger partial charge < -0.3 is 10.6 Å². The molecule has 0 heterocycles. The van der Waals surface area contributed by atoms with E-state index in [-0.39, 0.29) is 29.7 Å². The van der Waals surface area contributed by atoms with Crippen molar-refractivity contribution in [2.24, 2.45) is 0 Å². The largest absolute Gasteiger partial charge is 0.345 e. The monoisotopic (exact) mass is 412 g/mol. The highest BCUT2D eigenvalue weighted by molar-refractivity contribution is 7.92. The minimum absolute atomic E-state index is 0.136. The molecule has 2 N–H and O–H groups in total. The average molecular weight is 413 g/mol. The van der Waals surface area contributed by atoms with Gasteiger partial charge in [0.1, 0.15) is 0 Å². The van der Waals surface area contributed by atoms with Crippen molar-refractivity contribution in [1.82, 2.24) is 5.32 Å². The zero-order valence-electron chi connectivity index (χ0n) is 16.7. The fraction of sp³-hybridized carbons (Fsp3) is 0.273. The van der Waals surface area contributed by atoms with Crippen molar-refractivity contribution in [1.29, 1.82) is 0 Å². The molecule has 2 aromatic rings. The van der Waals surface area contributed by atoms with Gasteiger partial charge in [0.15, 0.2) is 9.84 Å². The molecule has 7 heteroatoms. The van der Waals surface area contributed by atoms with Gasteiger partial charge in [0, 0.05) is 18.2 Å². The summed E-state index contributed by atoms with van der Waals surface area (Å²) < 4.78 is 24.2. The van der Waals surface area contributed by atoms with Crippen LogP contribution in [-0.2, 0) is 25.8 Å². The van der Waals surface area contributed by atoms with Crippen LogP contribution in [0.4, 0.5) is 5.69 Å². The fourth-order valence-electron chi connectivity index (χ4n) is 2.45. The van der Waals surface area contributed by atoms with Gasteiger partial charge in [0.05, 0.1) is 23.1 Å². The first-order valence-electron chi connectivity index (χ1n) is 9.14. The number of benzene rings is 2. The lowest BCUT2D eigenvalue weighted by molar-refractivity contribution is -0.120. The third-order valence-corrected chi connectivity index (χ3v) is 6.22. The molecule has 29 heavy (non-hydrogen) atoms. The van der Waals surface area contributed by atoms with Crippen molar-refractivity contribution in [2.45, 2.75) is 37.3 Å². The smallest absolute Gasteiger partial charge is 0.225 e. The van der Waals surface area contributed by atoms with E-state index in [0.717, 1.165) is 11.1 Å². The number of nitrogens with one attached hydrogen (secondary N) is 2. The van der Waals surface area contributed by atoms with Crippen molar-refractivity contribution in [3.05, 3.63) is 59.7 Å². The highest BCUT2D eigenvalue weighted by Crippen LogP contribution is 2.16. The van der Waals surface area contributed by atoms with Gasteiger partial charge in [0.25, 0.3) is 0 Å². The fourth-order valence-corrected chi connectivity index (χ4v) is 3.51. The second kappa shape index (κ2) is 9.89. The van der Waals surface area contributed by atoms with E-state index in [2.05, 4.69) is 22.5 Å². The Morgan fingerprint density at radius 1 is 1.00 bits per heavy atom. The molecule has 0 atom stereocenters. The van der Waals surface area contributed by atoms with Gasteiger partial charge in [-0.3, -0.25) is 9.59 Å². The number of hydrogen-bond acceptors (Lipinski definition) is 4. The Morgan fingerprint density at radius 2 is 1.62 bits per heavy atom.